The average Bonchev–Trinajstić information content (AvgIpc) is 2.96. The second-order valence-electron chi connectivity index (χ2n) is 4.44. The summed E-state index contributed by atoms with van der Waals surface area (Å²) in [4.78, 5) is 16.4. The first-order chi connectivity index (χ1) is 8.33. The number of thiazole rings is 1. The van der Waals surface area contributed by atoms with E-state index in [0.717, 1.165) is 23.1 Å². The molecule has 1 aliphatic rings. The van der Waals surface area contributed by atoms with Gasteiger partial charge in [0.1, 0.15) is 0 Å². The van der Waals surface area contributed by atoms with Gasteiger partial charge in [-0.05, 0) is 25.0 Å². The molecule has 1 fully saturated rings. The molecule has 1 amide bonds. The molecular weight excluding hydrogens is 232 g/mol. The molecule has 3 rings (SSSR count). The van der Waals surface area contributed by atoms with E-state index in [4.69, 9.17) is 0 Å². The number of hydrogen-bond donors (Lipinski definition) is 1. The van der Waals surface area contributed by atoms with Crippen LogP contribution in [0.5, 0.6) is 0 Å². The van der Waals surface area contributed by atoms with E-state index >= 15 is 0 Å². The van der Waals surface area contributed by atoms with Gasteiger partial charge in [-0.1, -0.05) is 25.0 Å². The van der Waals surface area contributed by atoms with Crippen LogP contribution in [0.3, 0.4) is 0 Å². The van der Waals surface area contributed by atoms with Crippen molar-refractivity contribution >= 4 is 27.5 Å². The van der Waals surface area contributed by atoms with Gasteiger partial charge in [-0.25, -0.2) is 4.98 Å². The maximum absolute atomic E-state index is 12.0. The summed E-state index contributed by atoms with van der Waals surface area (Å²) < 4.78 is 1.07. The molecule has 0 radical (unpaired) electrons. The summed E-state index contributed by atoms with van der Waals surface area (Å²) >= 11 is 1.47. The smallest absolute Gasteiger partial charge is 0.280 e. The standard InChI is InChI=1S/C13H14N2OS/c16-12(14-9-5-1-2-6-9)13-15-10-7-3-4-8-11(10)17-13/h3-4,7-9H,1-2,5-6H2,(H,14,16). The Hall–Kier alpha value is -1.42. The number of aromatic nitrogens is 1. The molecule has 1 N–H and O–H groups in total. The summed E-state index contributed by atoms with van der Waals surface area (Å²) in [5.74, 6) is -0.0156. The van der Waals surface area contributed by atoms with Gasteiger partial charge in [-0.3, -0.25) is 4.79 Å². The fraction of sp³-hybridized carbons (Fsp3) is 0.385. The fourth-order valence-corrected chi connectivity index (χ4v) is 3.16. The number of carbonyl (C=O) groups is 1. The zero-order chi connectivity index (χ0) is 11.7. The van der Waals surface area contributed by atoms with Crippen LogP contribution in [0.15, 0.2) is 24.3 Å². The van der Waals surface area contributed by atoms with Crippen LogP contribution in [0.1, 0.15) is 35.5 Å². The Balaban J connectivity index is 1.80. The molecule has 0 bridgehead atoms. The Labute approximate surface area is 104 Å². The van der Waals surface area contributed by atoms with Gasteiger partial charge in [0, 0.05) is 6.04 Å². The molecule has 88 valence electrons. The first-order valence-corrected chi connectivity index (χ1v) is 6.81. The molecule has 0 saturated heterocycles. The van der Waals surface area contributed by atoms with Crippen molar-refractivity contribution in [1.82, 2.24) is 10.3 Å². The van der Waals surface area contributed by atoms with E-state index in [1.54, 1.807) is 0 Å². The maximum atomic E-state index is 12.0. The average molecular weight is 246 g/mol. The third-order valence-electron chi connectivity index (χ3n) is 3.18. The van der Waals surface area contributed by atoms with Gasteiger partial charge in [-0.2, -0.15) is 0 Å². The van der Waals surface area contributed by atoms with Crippen molar-refractivity contribution in [2.75, 3.05) is 0 Å². The third kappa shape index (κ3) is 2.17. The minimum atomic E-state index is -0.0156. The lowest BCUT2D eigenvalue weighted by molar-refractivity contribution is 0.0937. The number of nitrogens with zero attached hydrogens (tertiary/aromatic N) is 1. The molecule has 0 unspecified atom stereocenters. The zero-order valence-electron chi connectivity index (χ0n) is 9.48. The minimum Gasteiger partial charge on any atom is -0.347 e. The Morgan fingerprint density at radius 2 is 2.06 bits per heavy atom. The van der Waals surface area contributed by atoms with Crippen molar-refractivity contribution < 1.29 is 4.79 Å². The lowest BCUT2D eigenvalue weighted by Gasteiger charge is -2.09. The van der Waals surface area contributed by atoms with Crippen LogP contribution in [0.25, 0.3) is 10.2 Å². The number of rotatable bonds is 2. The van der Waals surface area contributed by atoms with E-state index < -0.39 is 0 Å². The number of benzene rings is 1. The van der Waals surface area contributed by atoms with Crippen molar-refractivity contribution in [3.63, 3.8) is 0 Å². The molecule has 1 aromatic heterocycles. The van der Waals surface area contributed by atoms with Gasteiger partial charge in [0.15, 0.2) is 5.01 Å². The molecular formula is C13H14N2OS. The van der Waals surface area contributed by atoms with E-state index in [0.29, 0.717) is 11.0 Å². The molecule has 4 heteroatoms. The Morgan fingerprint density at radius 1 is 1.29 bits per heavy atom. The van der Waals surface area contributed by atoms with E-state index in [2.05, 4.69) is 10.3 Å². The SMILES string of the molecule is O=C(NC1CCCC1)c1nc2ccccc2s1. The number of para-hydroxylation sites is 1. The van der Waals surface area contributed by atoms with Crippen LogP contribution in [0.4, 0.5) is 0 Å². The Bertz CT molecular complexity index is 510. The van der Waals surface area contributed by atoms with E-state index in [1.165, 1.54) is 24.2 Å². The maximum Gasteiger partial charge on any atom is 0.280 e. The van der Waals surface area contributed by atoms with E-state index in [9.17, 15) is 4.79 Å². The Morgan fingerprint density at radius 3 is 2.82 bits per heavy atom. The number of amides is 1. The van der Waals surface area contributed by atoms with Crippen molar-refractivity contribution in [2.45, 2.75) is 31.7 Å². The molecule has 0 aliphatic heterocycles. The molecule has 0 atom stereocenters. The lowest BCUT2D eigenvalue weighted by Crippen LogP contribution is -2.32. The quantitative estimate of drug-likeness (QED) is 0.885. The number of carbonyl (C=O) groups excluding carboxylic acids is 1. The highest BCUT2D eigenvalue weighted by Gasteiger charge is 2.19. The number of hydrogen-bond acceptors (Lipinski definition) is 3. The highest BCUT2D eigenvalue weighted by molar-refractivity contribution is 7.20. The highest BCUT2D eigenvalue weighted by Crippen LogP contribution is 2.23. The number of fused-ring (bicyclic) bond motifs is 1. The van der Waals surface area contributed by atoms with Crippen molar-refractivity contribution in [2.24, 2.45) is 0 Å². The van der Waals surface area contributed by atoms with Crippen LogP contribution in [0.2, 0.25) is 0 Å². The van der Waals surface area contributed by atoms with Crippen LogP contribution in [0, 0.1) is 0 Å². The molecule has 1 aromatic carbocycles. The third-order valence-corrected chi connectivity index (χ3v) is 4.21. The normalized spacial score (nSPS) is 16.5. The summed E-state index contributed by atoms with van der Waals surface area (Å²) in [5.41, 5.74) is 0.911. The van der Waals surface area contributed by atoms with Crippen LogP contribution >= 0.6 is 11.3 Å². The molecule has 1 aliphatic carbocycles. The second kappa shape index (κ2) is 4.45. The van der Waals surface area contributed by atoms with E-state index in [1.807, 2.05) is 24.3 Å². The van der Waals surface area contributed by atoms with Crippen LogP contribution < -0.4 is 5.32 Å². The summed E-state index contributed by atoms with van der Waals surface area (Å²) in [6, 6.07) is 8.21. The predicted molar refractivity (Wildman–Crippen MR) is 69.3 cm³/mol. The topological polar surface area (TPSA) is 42.0 Å². The number of nitrogens with one attached hydrogen (secondary N) is 1. The monoisotopic (exact) mass is 246 g/mol. The summed E-state index contributed by atoms with van der Waals surface area (Å²) in [7, 11) is 0. The molecule has 1 saturated carbocycles. The van der Waals surface area contributed by atoms with Gasteiger partial charge >= 0.3 is 0 Å². The zero-order valence-corrected chi connectivity index (χ0v) is 10.3. The van der Waals surface area contributed by atoms with Crippen LogP contribution in [-0.2, 0) is 0 Å². The van der Waals surface area contributed by atoms with Crippen molar-refractivity contribution in [3.05, 3.63) is 29.3 Å². The first-order valence-electron chi connectivity index (χ1n) is 5.99. The molecule has 17 heavy (non-hydrogen) atoms. The van der Waals surface area contributed by atoms with Crippen LogP contribution in [-0.4, -0.2) is 16.9 Å². The van der Waals surface area contributed by atoms with Gasteiger partial charge < -0.3 is 5.32 Å². The van der Waals surface area contributed by atoms with Gasteiger partial charge in [0.25, 0.3) is 5.91 Å². The van der Waals surface area contributed by atoms with Crippen molar-refractivity contribution in [1.29, 1.82) is 0 Å². The second-order valence-corrected chi connectivity index (χ2v) is 5.47. The molecule has 3 nitrogen and oxygen atoms in total. The minimum absolute atomic E-state index is 0.0156. The summed E-state index contributed by atoms with van der Waals surface area (Å²) in [6.07, 6.45) is 4.67. The van der Waals surface area contributed by atoms with E-state index in [-0.39, 0.29) is 5.91 Å². The lowest BCUT2D eigenvalue weighted by atomic mass is 10.2. The van der Waals surface area contributed by atoms with Gasteiger partial charge in [0.05, 0.1) is 10.2 Å². The predicted octanol–water partition coefficient (Wildman–Crippen LogP) is 2.97. The molecule has 0 spiro atoms. The largest absolute Gasteiger partial charge is 0.347 e. The summed E-state index contributed by atoms with van der Waals surface area (Å²) in [6.45, 7) is 0. The Kier molecular flexibility index (Phi) is 2.81. The highest BCUT2D eigenvalue weighted by atomic mass is 32.1. The molecule has 2 aromatic rings. The first kappa shape index (κ1) is 10.7. The fourth-order valence-electron chi connectivity index (χ4n) is 2.29. The summed E-state index contributed by atoms with van der Waals surface area (Å²) in [5, 5.41) is 3.65. The van der Waals surface area contributed by atoms with Gasteiger partial charge in [-0.15, -0.1) is 11.3 Å². The van der Waals surface area contributed by atoms with Crippen molar-refractivity contribution in [3.8, 4) is 0 Å². The van der Waals surface area contributed by atoms with Gasteiger partial charge in [0.2, 0.25) is 0 Å². The molecule has 1 heterocycles.